The van der Waals surface area contributed by atoms with Crippen LogP contribution < -0.4 is 19.1 Å². The van der Waals surface area contributed by atoms with Gasteiger partial charge in [0.25, 0.3) is 0 Å². The van der Waals surface area contributed by atoms with Gasteiger partial charge in [-0.25, -0.2) is 0 Å². The van der Waals surface area contributed by atoms with Crippen molar-refractivity contribution in [2.45, 2.75) is 18.4 Å². The van der Waals surface area contributed by atoms with Crippen LogP contribution >= 0.6 is 15.9 Å². The summed E-state index contributed by atoms with van der Waals surface area (Å²) in [5.74, 6) is 2.20. The fourth-order valence-corrected chi connectivity index (χ4v) is 6.60. The Balaban J connectivity index is 1.43. The highest BCUT2D eigenvalue weighted by molar-refractivity contribution is 9.10. The number of ether oxygens (including phenoxy) is 3. The molecule has 0 saturated carbocycles. The SMILES string of the molecule is COc1cc2c(-c3ccc(Br)cc3)cc3c(c2cc1OC)C=CC(c1ccccc1)(c1ccc(N2CCCC2)cc1)O3. The maximum atomic E-state index is 7.20. The standard InChI is InChI=1S/C37H32BrNO3/c1-40-35-23-32-30-18-19-37(26-8-4-3-5-9-26,27-12-16-29(17-13-27)39-20-6-7-21-39)42-34(30)22-31(33(32)24-36(35)41-2)25-10-14-28(38)15-11-25/h3-5,8-19,22-24H,6-7,20-21H2,1-2H3. The van der Waals surface area contributed by atoms with E-state index in [2.05, 4.69) is 124 Å². The zero-order valence-electron chi connectivity index (χ0n) is 23.8. The lowest BCUT2D eigenvalue weighted by atomic mass is 9.82. The van der Waals surface area contributed by atoms with E-state index in [9.17, 15) is 0 Å². The first kappa shape index (κ1) is 26.7. The third-order valence-electron chi connectivity index (χ3n) is 8.53. The highest BCUT2D eigenvalue weighted by Gasteiger charge is 2.38. The first-order valence-electron chi connectivity index (χ1n) is 14.4. The minimum absolute atomic E-state index is 0.686. The molecule has 2 aliphatic rings. The minimum Gasteiger partial charge on any atom is -0.493 e. The van der Waals surface area contributed by atoms with Crippen LogP contribution in [0.3, 0.4) is 0 Å². The van der Waals surface area contributed by atoms with Crippen molar-refractivity contribution in [3.05, 3.63) is 124 Å². The molecule has 2 heterocycles. The molecule has 4 nitrogen and oxygen atoms in total. The van der Waals surface area contributed by atoms with Crippen LogP contribution in [0.2, 0.25) is 0 Å². The third-order valence-corrected chi connectivity index (χ3v) is 9.05. The fourth-order valence-electron chi connectivity index (χ4n) is 6.33. The number of methoxy groups -OCH3 is 2. The largest absolute Gasteiger partial charge is 0.493 e. The lowest BCUT2D eigenvalue weighted by Crippen LogP contribution is -2.34. The van der Waals surface area contributed by atoms with E-state index in [1.807, 2.05) is 6.07 Å². The molecule has 0 bridgehead atoms. The molecule has 5 aromatic rings. The van der Waals surface area contributed by atoms with E-state index >= 15 is 0 Å². The molecule has 5 heteroatoms. The summed E-state index contributed by atoms with van der Waals surface area (Å²) in [4.78, 5) is 2.46. The van der Waals surface area contributed by atoms with Crippen molar-refractivity contribution in [3.63, 3.8) is 0 Å². The van der Waals surface area contributed by atoms with Crippen LogP contribution in [0.4, 0.5) is 5.69 Å². The van der Waals surface area contributed by atoms with E-state index in [1.54, 1.807) is 14.2 Å². The van der Waals surface area contributed by atoms with Crippen LogP contribution in [0.5, 0.6) is 17.2 Å². The monoisotopic (exact) mass is 617 g/mol. The van der Waals surface area contributed by atoms with Crippen LogP contribution in [-0.4, -0.2) is 27.3 Å². The van der Waals surface area contributed by atoms with Gasteiger partial charge in [-0.15, -0.1) is 0 Å². The van der Waals surface area contributed by atoms with Crippen molar-refractivity contribution in [2.24, 2.45) is 0 Å². The molecule has 0 radical (unpaired) electrons. The van der Waals surface area contributed by atoms with Gasteiger partial charge in [-0.2, -0.15) is 0 Å². The van der Waals surface area contributed by atoms with Gasteiger partial charge in [-0.1, -0.05) is 70.5 Å². The molecule has 0 N–H and O–H groups in total. The number of halogens is 1. The molecule has 0 spiro atoms. The Labute approximate surface area is 255 Å². The van der Waals surface area contributed by atoms with Crippen LogP contribution in [-0.2, 0) is 5.60 Å². The highest BCUT2D eigenvalue weighted by atomic mass is 79.9. The van der Waals surface area contributed by atoms with E-state index in [4.69, 9.17) is 14.2 Å². The van der Waals surface area contributed by atoms with Gasteiger partial charge in [-0.05, 0) is 89.4 Å². The van der Waals surface area contributed by atoms with Crippen molar-refractivity contribution in [1.82, 2.24) is 0 Å². The predicted molar refractivity (Wildman–Crippen MR) is 175 cm³/mol. The van der Waals surface area contributed by atoms with Crippen LogP contribution in [0.1, 0.15) is 29.5 Å². The molecule has 1 fully saturated rings. The number of hydrogen-bond acceptors (Lipinski definition) is 4. The Kier molecular flexibility index (Phi) is 6.91. The van der Waals surface area contributed by atoms with Crippen LogP contribution in [0, 0.1) is 0 Å². The average molecular weight is 619 g/mol. The van der Waals surface area contributed by atoms with Crippen LogP contribution in [0.25, 0.3) is 28.0 Å². The quantitative estimate of drug-likeness (QED) is 0.190. The summed E-state index contributed by atoms with van der Waals surface area (Å²) >= 11 is 3.59. The van der Waals surface area contributed by atoms with Gasteiger partial charge in [0.05, 0.1) is 14.2 Å². The molecule has 1 saturated heterocycles. The lowest BCUT2D eigenvalue weighted by Gasteiger charge is -2.37. The van der Waals surface area contributed by atoms with Gasteiger partial charge < -0.3 is 19.1 Å². The summed E-state index contributed by atoms with van der Waals surface area (Å²) in [5.41, 5.74) is 5.85. The Morgan fingerprint density at radius 3 is 2.05 bits per heavy atom. The Hall–Kier alpha value is -4.22. The smallest absolute Gasteiger partial charge is 0.178 e. The second kappa shape index (κ2) is 10.9. The van der Waals surface area contributed by atoms with E-state index in [0.29, 0.717) is 11.5 Å². The Bertz CT molecular complexity index is 1780. The fraction of sp³-hybridized carbons (Fsp3) is 0.189. The second-order valence-corrected chi connectivity index (χ2v) is 11.8. The zero-order valence-corrected chi connectivity index (χ0v) is 25.4. The topological polar surface area (TPSA) is 30.9 Å². The molecule has 0 aromatic heterocycles. The van der Waals surface area contributed by atoms with E-state index in [1.165, 1.54) is 18.5 Å². The number of nitrogens with zero attached hydrogens (tertiary/aromatic N) is 1. The number of rotatable bonds is 6. The average Bonchev–Trinajstić information content (AvgIpc) is 3.60. The van der Waals surface area contributed by atoms with E-state index < -0.39 is 5.60 Å². The van der Waals surface area contributed by atoms with E-state index in [0.717, 1.165) is 61.9 Å². The summed E-state index contributed by atoms with van der Waals surface area (Å²) in [6.45, 7) is 2.24. The number of hydrogen-bond donors (Lipinski definition) is 0. The Morgan fingerprint density at radius 1 is 0.738 bits per heavy atom. The summed E-state index contributed by atoms with van der Waals surface area (Å²) in [5, 5.41) is 2.12. The zero-order chi connectivity index (χ0) is 28.7. The molecule has 42 heavy (non-hydrogen) atoms. The molecule has 5 aromatic carbocycles. The molecule has 0 aliphatic carbocycles. The third kappa shape index (κ3) is 4.53. The van der Waals surface area contributed by atoms with Crippen molar-refractivity contribution < 1.29 is 14.2 Å². The highest BCUT2D eigenvalue weighted by Crippen LogP contribution is 2.49. The van der Waals surface area contributed by atoms with Crippen molar-refractivity contribution >= 4 is 38.5 Å². The van der Waals surface area contributed by atoms with Crippen molar-refractivity contribution in [1.29, 1.82) is 0 Å². The summed E-state index contributed by atoms with van der Waals surface area (Å²) in [7, 11) is 3.35. The summed E-state index contributed by atoms with van der Waals surface area (Å²) < 4.78 is 19.7. The maximum absolute atomic E-state index is 7.20. The van der Waals surface area contributed by atoms with Crippen molar-refractivity contribution in [2.75, 3.05) is 32.2 Å². The van der Waals surface area contributed by atoms with Gasteiger partial charge >= 0.3 is 0 Å². The molecule has 2 aliphatic heterocycles. The van der Waals surface area contributed by atoms with Gasteiger partial charge in [0.15, 0.2) is 17.1 Å². The van der Waals surface area contributed by atoms with Gasteiger partial charge in [-0.3, -0.25) is 0 Å². The molecular weight excluding hydrogens is 586 g/mol. The number of benzene rings is 5. The molecule has 0 amide bonds. The van der Waals surface area contributed by atoms with Crippen molar-refractivity contribution in [3.8, 4) is 28.4 Å². The normalized spacial score (nSPS) is 17.6. The molecule has 1 unspecified atom stereocenters. The summed E-state index contributed by atoms with van der Waals surface area (Å²) in [6, 6.07) is 34.1. The predicted octanol–water partition coefficient (Wildman–Crippen LogP) is 9.24. The van der Waals surface area contributed by atoms with Gasteiger partial charge in [0.1, 0.15) is 5.75 Å². The maximum Gasteiger partial charge on any atom is 0.178 e. The summed E-state index contributed by atoms with van der Waals surface area (Å²) in [6.07, 6.45) is 6.91. The van der Waals surface area contributed by atoms with Gasteiger partial charge in [0.2, 0.25) is 0 Å². The first-order chi connectivity index (χ1) is 20.6. The van der Waals surface area contributed by atoms with Crippen LogP contribution in [0.15, 0.2) is 108 Å². The molecule has 7 rings (SSSR count). The number of fused-ring (bicyclic) bond motifs is 3. The molecule has 210 valence electrons. The Morgan fingerprint density at radius 2 is 1.38 bits per heavy atom. The first-order valence-corrected chi connectivity index (χ1v) is 15.2. The van der Waals surface area contributed by atoms with Gasteiger partial charge in [0, 0.05) is 39.9 Å². The number of anilines is 1. The van der Waals surface area contributed by atoms with E-state index in [-0.39, 0.29) is 0 Å². The molecule has 1 atom stereocenters. The molecular formula is C37H32BrNO3. The minimum atomic E-state index is -0.779. The second-order valence-electron chi connectivity index (χ2n) is 10.9. The lowest BCUT2D eigenvalue weighted by molar-refractivity contribution is 0.161.